The van der Waals surface area contributed by atoms with Crippen molar-refractivity contribution in [1.82, 2.24) is 30.6 Å². The summed E-state index contributed by atoms with van der Waals surface area (Å²) in [5.41, 5.74) is 1.20. The minimum atomic E-state index is -1.10. The zero-order valence-corrected chi connectivity index (χ0v) is 33.8. The highest BCUT2D eigenvalue weighted by atomic mass is 35.5. The van der Waals surface area contributed by atoms with Crippen LogP contribution < -0.4 is 25.2 Å². The van der Waals surface area contributed by atoms with Gasteiger partial charge in [-0.05, 0) is 99.6 Å². The second-order valence-corrected chi connectivity index (χ2v) is 17.4. The smallest absolute Gasteiger partial charge is 0.272 e. The van der Waals surface area contributed by atoms with Crippen LogP contribution in [0.2, 0.25) is 5.02 Å². The van der Waals surface area contributed by atoms with E-state index in [1.54, 1.807) is 24.3 Å². The number of benzene rings is 2. The van der Waals surface area contributed by atoms with Gasteiger partial charge in [-0.2, -0.15) is 5.26 Å². The highest BCUT2D eigenvalue weighted by Crippen LogP contribution is 2.52. The van der Waals surface area contributed by atoms with Crippen LogP contribution in [0.1, 0.15) is 101 Å². The number of carbonyl (C=O) groups excluding carboxylic acids is 5. The number of hydrogen-bond acceptors (Lipinski definition) is 12. The molecule has 5 amide bonds. The average Bonchev–Trinajstić information content (AvgIpc) is 3.47. The molecule has 1 aromatic heterocycles. The lowest BCUT2D eigenvalue weighted by atomic mass is 9.60. The van der Waals surface area contributed by atoms with Gasteiger partial charge in [0.2, 0.25) is 11.8 Å². The molecule has 6 aliphatic rings. The van der Waals surface area contributed by atoms with Crippen molar-refractivity contribution >= 4 is 52.6 Å². The monoisotopic (exact) mass is 837 g/mol. The first kappa shape index (κ1) is 39.8. The fourth-order valence-electron chi connectivity index (χ4n) is 9.92. The largest absolute Gasteiger partial charge is 0.490 e. The van der Waals surface area contributed by atoms with Gasteiger partial charge in [0.15, 0.2) is 11.5 Å². The van der Waals surface area contributed by atoms with Gasteiger partial charge < -0.3 is 19.9 Å². The van der Waals surface area contributed by atoms with Gasteiger partial charge in [0.25, 0.3) is 17.7 Å². The van der Waals surface area contributed by atoms with E-state index in [-0.39, 0.29) is 58.8 Å². The number of nitriles is 1. The molecule has 5 fully saturated rings. The number of amides is 5. The Morgan fingerprint density at radius 3 is 2.25 bits per heavy atom. The summed E-state index contributed by atoms with van der Waals surface area (Å²) >= 11 is 6.15. The Kier molecular flexibility index (Phi) is 10.7. The maximum atomic E-state index is 15.5. The minimum Gasteiger partial charge on any atom is -0.490 e. The number of ether oxygens (including phenoxy) is 1. The number of piperidine rings is 2. The molecule has 3 saturated heterocycles. The van der Waals surface area contributed by atoms with Gasteiger partial charge in [0, 0.05) is 63.8 Å². The first-order valence-corrected chi connectivity index (χ1v) is 21.2. The first-order valence-electron chi connectivity index (χ1n) is 20.8. The summed E-state index contributed by atoms with van der Waals surface area (Å²) in [5, 5.41) is 23.4. The fourth-order valence-corrected chi connectivity index (χ4v) is 10.1. The van der Waals surface area contributed by atoms with Crippen molar-refractivity contribution in [3.8, 4) is 11.8 Å². The lowest BCUT2D eigenvalue weighted by molar-refractivity contribution is -0.136. The van der Waals surface area contributed by atoms with Crippen molar-refractivity contribution in [1.29, 1.82) is 5.26 Å². The molecule has 5 heterocycles. The Balaban J connectivity index is 0.709. The molecule has 3 aromatic rings. The van der Waals surface area contributed by atoms with E-state index in [2.05, 4.69) is 30.6 Å². The maximum absolute atomic E-state index is 15.5. The van der Waals surface area contributed by atoms with E-state index in [0.29, 0.717) is 35.5 Å². The van der Waals surface area contributed by atoms with Crippen molar-refractivity contribution in [3.63, 3.8) is 0 Å². The zero-order chi connectivity index (χ0) is 41.7. The summed E-state index contributed by atoms with van der Waals surface area (Å²) in [7, 11) is 0. The number of nitrogens with one attached hydrogen (secondary N) is 2. The highest BCUT2D eigenvalue weighted by molar-refractivity contribution is 6.31. The minimum absolute atomic E-state index is 0.00915. The molecule has 312 valence electrons. The number of nitrogens with zero attached hydrogens (tertiary/aromatic N) is 7. The van der Waals surface area contributed by atoms with Crippen LogP contribution >= 0.6 is 11.6 Å². The zero-order valence-electron chi connectivity index (χ0n) is 33.0. The summed E-state index contributed by atoms with van der Waals surface area (Å²) in [6.07, 6.45) is 7.13. The van der Waals surface area contributed by atoms with E-state index in [0.717, 1.165) is 94.3 Å². The van der Waals surface area contributed by atoms with Crippen LogP contribution in [0.25, 0.3) is 0 Å². The molecular formula is C43H45ClFN9O6. The van der Waals surface area contributed by atoms with E-state index in [1.807, 2.05) is 17.0 Å². The maximum Gasteiger partial charge on any atom is 0.272 e. The molecule has 1 spiro atoms. The van der Waals surface area contributed by atoms with Gasteiger partial charge >= 0.3 is 0 Å². The molecule has 17 heteroatoms. The topological polar surface area (TPSA) is 181 Å². The van der Waals surface area contributed by atoms with Gasteiger partial charge in [-0.15, -0.1) is 10.2 Å². The van der Waals surface area contributed by atoms with Gasteiger partial charge in [0.1, 0.15) is 23.7 Å². The highest BCUT2D eigenvalue weighted by Gasteiger charge is 2.49. The second-order valence-electron chi connectivity index (χ2n) is 17.0. The third-order valence-electron chi connectivity index (χ3n) is 13.4. The van der Waals surface area contributed by atoms with E-state index in [1.165, 1.54) is 6.07 Å². The van der Waals surface area contributed by atoms with Crippen LogP contribution in [-0.4, -0.2) is 113 Å². The Morgan fingerprint density at radius 2 is 1.60 bits per heavy atom. The Bertz CT molecular complexity index is 2270. The SMILES string of the molecule is N#Cc1ccc(OC2CCC(NC(=O)c3ccc(N4CCN(C5CC6(CCN(c7cc8c(cc7F)C(=O)N(C7CCC(=O)NC7=O)C8=O)CC6)C5)CC4)nn3)CC2)cc1Cl. The summed E-state index contributed by atoms with van der Waals surface area (Å²) < 4.78 is 21.6. The molecule has 60 heavy (non-hydrogen) atoms. The summed E-state index contributed by atoms with van der Waals surface area (Å²) in [4.78, 5) is 71.1. The van der Waals surface area contributed by atoms with E-state index < -0.39 is 35.5 Å². The van der Waals surface area contributed by atoms with Crippen molar-refractivity contribution in [3.05, 3.63) is 75.7 Å². The number of aromatic nitrogens is 2. The van der Waals surface area contributed by atoms with Gasteiger partial charge in [0.05, 0.1) is 33.5 Å². The lowest BCUT2D eigenvalue weighted by Gasteiger charge is -2.56. The van der Waals surface area contributed by atoms with Crippen molar-refractivity contribution in [2.24, 2.45) is 5.41 Å². The van der Waals surface area contributed by atoms with Crippen molar-refractivity contribution < 1.29 is 33.1 Å². The molecule has 15 nitrogen and oxygen atoms in total. The molecule has 9 rings (SSSR count). The van der Waals surface area contributed by atoms with Crippen LogP contribution in [0.15, 0.2) is 42.5 Å². The van der Waals surface area contributed by atoms with E-state index in [4.69, 9.17) is 21.6 Å². The van der Waals surface area contributed by atoms with Gasteiger partial charge in [-0.3, -0.25) is 39.1 Å². The molecule has 2 aromatic carbocycles. The summed E-state index contributed by atoms with van der Waals surface area (Å²) in [5.74, 6) is -1.93. The summed E-state index contributed by atoms with van der Waals surface area (Å²) in [6.45, 7) is 4.66. The number of carbonyl (C=O) groups is 5. The fraction of sp³-hybridized carbons (Fsp3) is 0.488. The number of anilines is 2. The Morgan fingerprint density at radius 1 is 0.883 bits per heavy atom. The molecule has 2 saturated carbocycles. The standard InChI is InChI=1S/C43H45ClFN9O6/c44-32-19-29(4-1-25(32)24-46)60-28-5-2-26(3-6-28)47-39(56)34-7-9-37(50-49-34)53-17-15-51(16-18-53)27-22-43(23-27)11-13-52(14-12-43)36-21-31-30(20-33(36)45)41(58)54(42(31)59)35-8-10-38(55)48-40(35)57/h1,4,7,9,19-21,26-28,35H,2-3,5-6,8,10-18,22-23H2,(H,47,56)(H,48,55,57). The number of imide groups is 2. The Hall–Kier alpha value is -5.66. The summed E-state index contributed by atoms with van der Waals surface area (Å²) in [6, 6.07) is 12.7. The third-order valence-corrected chi connectivity index (χ3v) is 13.7. The van der Waals surface area contributed by atoms with E-state index in [9.17, 15) is 24.0 Å². The molecule has 4 aliphatic heterocycles. The third kappa shape index (κ3) is 7.64. The number of halogens is 2. The molecule has 1 atom stereocenters. The predicted molar refractivity (Wildman–Crippen MR) is 216 cm³/mol. The number of fused-ring (bicyclic) bond motifs is 1. The van der Waals surface area contributed by atoms with Crippen LogP contribution in [0.4, 0.5) is 15.9 Å². The number of hydrogen-bond donors (Lipinski definition) is 2. The molecule has 2 aliphatic carbocycles. The van der Waals surface area contributed by atoms with Crippen molar-refractivity contribution in [2.45, 2.75) is 88.4 Å². The van der Waals surface area contributed by atoms with Crippen molar-refractivity contribution in [2.75, 3.05) is 49.1 Å². The normalized spacial score (nSPS) is 24.5. The van der Waals surface area contributed by atoms with Gasteiger partial charge in [-0.1, -0.05) is 11.6 Å². The molecule has 0 bridgehead atoms. The lowest BCUT2D eigenvalue weighted by Crippen LogP contribution is -2.59. The second kappa shape index (κ2) is 16.1. The van der Waals surface area contributed by atoms with Gasteiger partial charge in [-0.25, -0.2) is 4.39 Å². The van der Waals surface area contributed by atoms with Crippen LogP contribution in [-0.2, 0) is 9.59 Å². The number of piperazine rings is 1. The first-order chi connectivity index (χ1) is 29.0. The van der Waals surface area contributed by atoms with E-state index >= 15 is 4.39 Å². The predicted octanol–water partition coefficient (Wildman–Crippen LogP) is 4.23. The van der Waals surface area contributed by atoms with Crippen LogP contribution in [0.5, 0.6) is 5.75 Å². The molecule has 1 unspecified atom stereocenters. The van der Waals surface area contributed by atoms with Crippen LogP contribution in [0.3, 0.4) is 0 Å². The Labute approximate surface area is 351 Å². The molecular weight excluding hydrogens is 793 g/mol. The molecule has 0 radical (unpaired) electrons. The quantitative estimate of drug-likeness (QED) is 0.309. The molecule has 2 N–H and O–H groups in total. The number of rotatable bonds is 8. The average molecular weight is 838 g/mol. The van der Waals surface area contributed by atoms with Crippen LogP contribution in [0, 0.1) is 22.6 Å².